The van der Waals surface area contributed by atoms with E-state index in [1.54, 1.807) is 0 Å². The monoisotopic (exact) mass is 244 g/mol. The van der Waals surface area contributed by atoms with Crippen LogP contribution >= 0.6 is 0 Å². The fourth-order valence-electron chi connectivity index (χ4n) is 2.78. The molecule has 2 aliphatic rings. The quantitative estimate of drug-likeness (QED) is 0.883. The lowest BCUT2D eigenvalue weighted by Gasteiger charge is -2.26. The average molecular weight is 244 g/mol. The molecule has 3 nitrogen and oxygen atoms in total. The maximum absolute atomic E-state index is 12.5. The number of rotatable bonds is 3. The van der Waals surface area contributed by atoms with E-state index in [0.29, 0.717) is 6.04 Å². The van der Waals surface area contributed by atoms with Crippen LogP contribution in [0.3, 0.4) is 0 Å². The number of nitrogens with zero attached hydrogens (tertiary/aromatic N) is 1. The van der Waals surface area contributed by atoms with E-state index in [-0.39, 0.29) is 18.0 Å². The molecule has 2 unspecified atom stereocenters. The number of benzene rings is 1. The summed E-state index contributed by atoms with van der Waals surface area (Å²) in [6, 6.07) is 9.00. The van der Waals surface area contributed by atoms with Crippen molar-refractivity contribution < 1.29 is 4.79 Å². The van der Waals surface area contributed by atoms with Gasteiger partial charge >= 0.3 is 0 Å². The van der Waals surface area contributed by atoms with Crippen LogP contribution in [0.25, 0.3) is 0 Å². The van der Waals surface area contributed by atoms with Crippen LogP contribution in [0.4, 0.5) is 5.69 Å². The second kappa shape index (κ2) is 4.39. The first-order valence-electron chi connectivity index (χ1n) is 6.84. The Labute approximate surface area is 108 Å². The van der Waals surface area contributed by atoms with Crippen molar-refractivity contribution in [2.75, 3.05) is 4.90 Å². The molecular weight excluding hydrogens is 224 g/mol. The van der Waals surface area contributed by atoms with Gasteiger partial charge in [-0.15, -0.1) is 0 Å². The Bertz CT molecular complexity index is 467. The van der Waals surface area contributed by atoms with Crippen molar-refractivity contribution in [3.63, 3.8) is 0 Å². The number of fused-ring (bicyclic) bond motifs is 1. The summed E-state index contributed by atoms with van der Waals surface area (Å²) in [6.07, 6.45) is 3.39. The molecule has 0 radical (unpaired) electrons. The van der Waals surface area contributed by atoms with Crippen molar-refractivity contribution in [3.05, 3.63) is 29.8 Å². The van der Waals surface area contributed by atoms with Crippen LogP contribution in [0.1, 0.15) is 32.3 Å². The zero-order chi connectivity index (χ0) is 12.7. The molecule has 1 amide bonds. The Balaban J connectivity index is 1.80. The number of amides is 1. The van der Waals surface area contributed by atoms with Gasteiger partial charge in [0.2, 0.25) is 5.91 Å². The summed E-state index contributed by atoms with van der Waals surface area (Å²) in [5.74, 6) is 0.208. The Morgan fingerprint density at radius 3 is 2.83 bits per heavy atom. The highest BCUT2D eigenvalue weighted by molar-refractivity contribution is 5.99. The lowest BCUT2D eigenvalue weighted by atomic mass is 10.1. The van der Waals surface area contributed by atoms with E-state index < -0.39 is 0 Å². The Morgan fingerprint density at radius 2 is 2.11 bits per heavy atom. The minimum atomic E-state index is -0.0777. The normalized spacial score (nSPS) is 23.9. The molecular formula is C15H20N2O. The SMILES string of the molecule is CC(NC1CC1)C(=O)N1c2ccccc2CC1C. The first kappa shape index (κ1) is 11.7. The second-order valence-electron chi connectivity index (χ2n) is 5.55. The van der Waals surface area contributed by atoms with Crippen LogP contribution in [0.5, 0.6) is 0 Å². The van der Waals surface area contributed by atoms with E-state index in [2.05, 4.69) is 24.4 Å². The van der Waals surface area contributed by atoms with Crippen LogP contribution in [-0.2, 0) is 11.2 Å². The highest BCUT2D eigenvalue weighted by Crippen LogP contribution is 2.32. The van der Waals surface area contributed by atoms with Gasteiger partial charge in [-0.1, -0.05) is 18.2 Å². The molecule has 0 spiro atoms. The van der Waals surface area contributed by atoms with Gasteiger partial charge in [-0.05, 0) is 44.7 Å². The van der Waals surface area contributed by atoms with Crippen LogP contribution in [0.2, 0.25) is 0 Å². The van der Waals surface area contributed by atoms with Gasteiger partial charge in [0, 0.05) is 17.8 Å². The van der Waals surface area contributed by atoms with E-state index in [1.165, 1.54) is 18.4 Å². The van der Waals surface area contributed by atoms with Gasteiger partial charge in [-0.25, -0.2) is 0 Å². The highest BCUT2D eigenvalue weighted by atomic mass is 16.2. The van der Waals surface area contributed by atoms with Crippen molar-refractivity contribution in [1.82, 2.24) is 5.32 Å². The van der Waals surface area contributed by atoms with Crippen molar-refractivity contribution in [1.29, 1.82) is 0 Å². The van der Waals surface area contributed by atoms with Crippen molar-refractivity contribution >= 4 is 11.6 Å². The second-order valence-corrected chi connectivity index (χ2v) is 5.55. The molecule has 1 aromatic carbocycles. The molecule has 1 aliphatic carbocycles. The van der Waals surface area contributed by atoms with Gasteiger partial charge in [0.05, 0.1) is 6.04 Å². The van der Waals surface area contributed by atoms with Crippen LogP contribution < -0.4 is 10.2 Å². The van der Waals surface area contributed by atoms with E-state index >= 15 is 0 Å². The third-order valence-corrected chi connectivity index (χ3v) is 3.88. The molecule has 0 aromatic heterocycles. The number of hydrogen-bond acceptors (Lipinski definition) is 2. The summed E-state index contributed by atoms with van der Waals surface area (Å²) >= 11 is 0. The Morgan fingerprint density at radius 1 is 1.39 bits per heavy atom. The number of hydrogen-bond donors (Lipinski definition) is 1. The number of carbonyl (C=O) groups is 1. The van der Waals surface area contributed by atoms with Gasteiger partial charge in [0.25, 0.3) is 0 Å². The van der Waals surface area contributed by atoms with Crippen molar-refractivity contribution in [2.45, 2.75) is 51.2 Å². The molecule has 3 rings (SSSR count). The number of carbonyl (C=O) groups excluding carboxylic acids is 1. The van der Waals surface area contributed by atoms with Gasteiger partial charge < -0.3 is 10.2 Å². The Kier molecular flexibility index (Phi) is 2.86. The molecule has 0 saturated heterocycles. The standard InChI is InChI=1S/C15H20N2O/c1-10-9-12-5-3-4-6-14(12)17(10)15(18)11(2)16-13-7-8-13/h3-6,10-11,13,16H,7-9H2,1-2H3. The zero-order valence-electron chi connectivity index (χ0n) is 11.0. The molecule has 1 aromatic rings. The molecule has 1 aliphatic heterocycles. The van der Waals surface area contributed by atoms with E-state index in [9.17, 15) is 4.79 Å². The van der Waals surface area contributed by atoms with Crippen LogP contribution in [0, 0.1) is 0 Å². The third kappa shape index (κ3) is 2.03. The molecule has 3 heteroatoms. The Hall–Kier alpha value is -1.35. The first-order chi connectivity index (χ1) is 8.66. The summed E-state index contributed by atoms with van der Waals surface area (Å²) in [4.78, 5) is 14.5. The van der Waals surface area contributed by atoms with Crippen LogP contribution in [0.15, 0.2) is 24.3 Å². The fourth-order valence-corrected chi connectivity index (χ4v) is 2.78. The lowest BCUT2D eigenvalue weighted by Crippen LogP contribution is -2.47. The summed E-state index contributed by atoms with van der Waals surface area (Å²) < 4.78 is 0. The predicted octanol–water partition coefficient (Wildman–Crippen LogP) is 2.10. The largest absolute Gasteiger partial charge is 0.308 e. The number of nitrogens with one attached hydrogen (secondary N) is 1. The number of para-hydroxylation sites is 1. The van der Waals surface area contributed by atoms with E-state index in [1.807, 2.05) is 24.0 Å². The topological polar surface area (TPSA) is 32.3 Å². The summed E-state index contributed by atoms with van der Waals surface area (Å²) in [5.41, 5.74) is 2.39. The van der Waals surface area contributed by atoms with Crippen molar-refractivity contribution in [2.24, 2.45) is 0 Å². The molecule has 96 valence electrons. The van der Waals surface area contributed by atoms with Gasteiger partial charge in [-0.3, -0.25) is 4.79 Å². The van der Waals surface area contributed by atoms with Crippen LogP contribution in [-0.4, -0.2) is 24.0 Å². The first-order valence-corrected chi connectivity index (χ1v) is 6.84. The molecule has 1 saturated carbocycles. The molecule has 1 heterocycles. The molecule has 1 fully saturated rings. The van der Waals surface area contributed by atoms with Gasteiger partial charge in [-0.2, -0.15) is 0 Å². The lowest BCUT2D eigenvalue weighted by molar-refractivity contribution is -0.120. The number of anilines is 1. The van der Waals surface area contributed by atoms with E-state index in [0.717, 1.165) is 12.1 Å². The van der Waals surface area contributed by atoms with Gasteiger partial charge in [0.15, 0.2) is 0 Å². The summed E-state index contributed by atoms with van der Waals surface area (Å²) in [5, 5.41) is 3.39. The zero-order valence-corrected chi connectivity index (χ0v) is 11.0. The minimum absolute atomic E-state index is 0.0777. The highest BCUT2D eigenvalue weighted by Gasteiger charge is 2.34. The van der Waals surface area contributed by atoms with Crippen molar-refractivity contribution in [3.8, 4) is 0 Å². The van der Waals surface area contributed by atoms with Gasteiger partial charge in [0.1, 0.15) is 0 Å². The third-order valence-electron chi connectivity index (χ3n) is 3.88. The van der Waals surface area contributed by atoms with E-state index in [4.69, 9.17) is 0 Å². The molecule has 0 bridgehead atoms. The smallest absolute Gasteiger partial charge is 0.244 e. The summed E-state index contributed by atoms with van der Waals surface area (Å²) in [6.45, 7) is 4.11. The maximum atomic E-state index is 12.5. The predicted molar refractivity (Wildman–Crippen MR) is 72.7 cm³/mol. The summed E-state index contributed by atoms with van der Waals surface area (Å²) in [7, 11) is 0. The minimum Gasteiger partial charge on any atom is -0.308 e. The maximum Gasteiger partial charge on any atom is 0.244 e. The molecule has 1 N–H and O–H groups in total. The molecule has 18 heavy (non-hydrogen) atoms. The fraction of sp³-hybridized carbons (Fsp3) is 0.533. The molecule has 2 atom stereocenters. The average Bonchev–Trinajstić information content (AvgIpc) is 3.09.